The number of carbonyl (C=O) groups excluding carboxylic acids is 1. The number of rotatable bonds is 0. The molecule has 0 atom stereocenters. The third kappa shape index (κ3) is 1.57. The number of hydrogen-bond donors (Lipinski definition) is 0. The molecule has 1 aliphatic carbocycles. The Kier molecular flexibility index (Phi) is 2.36. The average molecular weight is 189 g/mol. The molecular weight excluding hydrogens is 174 g/mol. The van der Waals surface area contributed by atoms with E-state index >= 15 is 0 Å². The van der Waals surface area contributed by atoms with Crippen LogP contribution in [-0.4, -0.2) is 10.8 Å². The van der Waals surface area contributed by atoms with Crippen molar-refractivity contribution in [2.24, 2.45) is 0 Å². The van der Waals surface area contributed by atoms with E-state index in [2.05, 4.69) is 18.0 Å². The van der Waals surface area contributed by atoms with Crippen molar-refractivity contribution < 1.29 is 4.79 Å². The van der Waals surface area contributed by atoms with Crippen LogP contribution >= 0.6 is 0 Å². The van der Waals surface area contributed by atoms with E-state index in [4.69, 9.17) is 0 Å². The molecule has 0 radical (unpaired) electrons. The third-order valence-electron chi connectivity index (χ3n) is 2.91. The number of Topliss-reactive ketones (excluding diaryl/α,β-unsaturated/α-hetero) is 1. The molecule has 0 aromatic carbocycles. The molecule has 1 heterocycles. The van der Waals surface area contributed by atoms with Crippen LogP contribution in [0.5, 0.6) is 0 Å². The van der Waals surface area contributed by atoms with E-state index in [1.165, 1.54) is 5.56 Å². The molecule has 2 rings (SSSR count). The standard InChI is InChI=1S/C12H15NO/c1-8-7-10-5-3-4-6-11(14)12(10)13-9(8)2/h7H,3-6H2,1-2H3. The van der Waals surface area contributed by atoms with Crippen LogP contribution in [0.4, 0.5) is 0 Å². The number of aromatic nitrogens is 1. The predicted octanol–water partition coefficient (Wildman–Crippen LogP) is 2.61. The highest BCUT2D eigenvalue weighted by molar-refractivity contribution is 5.96. The molecule has 2 heteroatoms. The molecular formula is C12H15NO. The lowest BCUT2D eigenvalue weighted by Crippen LogP contribution is -2.06. The van der Waals surface area contributed by atoms with Crippen LogP contribution < -0.4 is 0 Å². The summed E-state index contributed by atoms with van der Waals surface area (Å²) < 4.78 is 0. The topological polar surface area (TPSA) is 30.0 Å². The second-order valence-electron chi connectivity index (χ2n) is 4.03. The maximum absolute atomic E-state index is 11.7. The maximum Gasteiger partial charge on any atom is 0.181 e. The first-order chi connectivity index (χ1) is 6.68. The lowest BCUT2D eigenvalue weighted by molar-refractivity contribution is 0.0977. The van der Waals surface area contributed by atoms with E-state index in [-0.39, 0.29) is 5.78 Å². The van der Waals surface area contributed by atoms with E-state index in [9.17, 15) is 4.79 Å². The summed E-state index contributed by atoms with van der Waals surface area (Å²) >= 11 is 0. The molecule has 0 bridgehead atoms. The summed E-state index contributed by atoms with van der Waals surface area (Å²) in [6.45, 7) is 4.02. The van der Waals surface area contributed by atoms with Gasteiger partial charge in [0.2, 0.25) is 0 Å². The fraction of sp³-hybridized carbons (Fsp3) is 0.500. The third-order valence-corrected chi connectivity index (χ3v) is 2.91. The lowest BCUT2D eigenvalue weighted by atomic mass is 10.0. The van der Waals surface area contributed by atoms with Crippen molar-refractivity contribution >= 4 is 5.78 Å². The molecule has 0 amide bonds. The van der Waals surface area contributed by atoms with Crippen LogP contribution in [0, 0.1) is 13.8 Å². The molecule has 0 spiro atoms. The van der Waals surface area contributed by atoms with Gasteiger partial charge in [-0.05, 0) is 44.2 Å². The predicted molar refractivity (Wildman–Crippen MR) is 55.6 cm³/mol. The Labute approximate surface area is 84.4 Å². The number of fused-ring (bicyclic) bond motifs is 1. The summed E-state index contributed by atoms with van der Waals surface area (Å²) in [5.74, 6) is 0.223. The van der Waals surface area contributed by atoms with Gasteiger partial charge in [0.15, 0.2) is 5.78 Å². The van der Waals surface area contributed by atoms with Crippen LogP contribution in [0.1, 0.15) is 46.6 Å². The van der Waals surface area contributed by atoms with Gasteiger partial charge in [0.1, 0.15) is 5.69 Å². The van der Waals surface area contributed by atoms with Gasteiger partial charge in [-0.25, -0.2) is 4.98 Å². The Hall–Kier alpha value is -1.18. The largest absolute Gasteiger partial charge is 0.292 e. The van der Waals surface area contributed by atoms with Gasteiger partial charge in [-0.1, -0.05) is 6.07 Å². The van der Waals surface area contributed by atoms with Gasteiger partial charge in [-0.15, -0.1) is 0 Å². The number of pyridine rings is 1. The molecule has 0 aliphatic heterocycles. The van der Waals surface area contributed by atoms with E-state index in [0.717, 1.165) is 36.2 Å². The van der Waals surface area contributed by atoms with Crippen LogP contribution in [0.15, 0.2) is 6.07 Å². The van der Waals surface area contributed by atoms with Crippen LogP contribution in [0.3, 0.4) is 0 Å². The monoisotopic (exact) mass is 189 g/mol. The van der Waals surface area contributed by atoms with Gasteiger partial charge in [0.25, 0.3) is 0 Å². The van der Waals surface area contributed by atoms with E-state index in [1.54, 1.807) is 0 Å². The molecule has 0 saturated heterocycles. The first-order valence-electron chi connectivity index (χ1n) is 5.19. The highest BCUT2D eigenvalue weighted by Crippen LogP contribution is 2.21. The molecule has 14 heavy (non-hydrogen) atoms. The first kappa shape index (κ1) is 9.38. The summed E-state index contributed by atoms with van der Waals surface area (Å²) in [6, 6.07) is 2.13. The van der Waals surface area contributed by atoms with Crippen LogP contribution in [-0.2, 0) is 6.42 Å². The maximum atomic E-state index is 11.7. The van der Waals surface area contributed by atoms with E-state index < -0.39 is 0 Å². The van der Waals surface area contributed by atoms with Gasteiger partial charge >= 0.3 is 0 Å². The second-order valence-corrected chi connectivity index (χ2v) is 4.03. The summed E-state index contributed by atoms with van der Waals surface area (Å²) in [5.41, 5.74) is 4.05. The SMILES string of the molecule is Cc1cc2c(nc1C)C(=O)CCCC2. The van der Waals surface area contributed by atoms with Crippen molar-refractivity contribution in [3.63, 3.8) is 0 Å². The smallest absolute Gasteiger partial charge is 0.181 e. The van der Waals surface area contributed by atoms with Crippen molar-refractivity contribution in [3.8, 4) is 0 Å². The number of hydrogen-bond acceptors (Lipinski definition) is 2. The summed E-state index contributed by atoms with van der Waals surface area (Å²) in [5, 5.41) is 0. The molecule has 0 unspecified atom stereocenters. The van der Waals surface area contributed by atoms with Gasteiger partial charge in [0.05, 0.1) is 0 Å². The van der Waals surface area contributed by atoms with E-state index in [1.807, 2.05) is 6.92 Å². The molecule has 0 fully saturated rings. The molecule has 2 nitrogen and oxygen atoms in total. The molecule has 1 aliphatic rings. The Morgan fingerprint density at radius 1 is 1.21 bits per heavy atom. The quantitative estimate of drug-likeness (QED) is 0.587. The summed E-state index contributed by atoms with van der Waals surface area (Å²) in [4.78, 5) is 16.1. The minimum atomic E-state index is 0.223. The Balaban J connectivity index is 2.54. The normalized spacial score (nSPS) is 16.3. The number of carbonyl (C=O) groups is 1. The Morgan fingerprint density at radius 2 is 1.93 bits per heavy atom. The number of ketones is 1. The molecule has 1 aromatic rings. The van der Waals surface area contributed by atoms with Crippen molar-refractivity contribution in [3.05, 3.63) is 28.6 Å². The molecule has 1 aromatic heterocycles. The zero-order valence-electron chi connectivity index (χ0n) is 8.76. The molecule has 0 saturated carbocycles. The van der Waals surface area contributed by atoms with Crippen LogP contribution in [0.2, 0.25) is 0 Å². The van der Waals surface area contributed by atoms with Crippen molar-refractivity contribution in [1.82, 2.24) is 4.98 Å². The summed E-state index contributed by atoms with van der Waals surface area (Å²) in [6.07, 6.45) is 3.80. The minimum Gasteiger partial charge on any atom is -0.292 e. The molecule has 74 valence electrons. The van der Waals surface area contributed by atoms with Crippen molar-refractivity contribution in [2.45, 2.75) is 39.5 Å². The van der Waals surface area contributed by atoms with Crippen molar-refractivity contribution in [1.29, 1.82) is 0 Å². The lowest BCUT2D eigenvalue weighted by Gasteiger charge is -2.07. The van der Waals surface area contributed by atoms with Gasteiger partial charge < -0.3 is 0 Å². The van der Waals surface area contributed by atoms with Crippen molar-refractivity contribution in [2.75, 3.05) is 0 Å². The zero-order chi connectivity index (χ0) is 10.1. The van der Waals surface area contributed by atoms with Gasteiger partial charge in [-0.2, -0.15) is 0 Å². The van der Waals surface area contributed by atoms with Crippen LogP contribution in [0.25, 0.3) is 0 Å². The van der Waals surface area contributed by atoms with Gasteiger partial charge in [-0.3, -0.25) is 4.79 Å². The summed E-state index contributed by atoms with van der Waals surface area (Å²) in [7, 11) is 0. The second kappa shape index (κ2) is 3.52. The van der Waals surface area contributed by atoms with E-state index in [0.29, 0.717) is 6.42 Å². The average Bonchev–Trinajstić information content (AvgIpc) is 2.31. The number of nitrogens with zero attached hydrogens (tertiary/aromatic N) is 1. The first-order valence-corrected chi connectivity index (χ1v) is 5.19. The van der Waals surface area contributed by atoms with Gasteiger partial charge in [0, 0.05) is 12.1 Å². The number of aryl methyl sites for hydroxylation is 3. The fourth-order valence-electron chi connectivity index (χ4n) is 1.91. The Bertz CT molecular complexity index is 382. The minimum absolute atomic E-state index is 0.223. The Morgan fingerprint density at radius 3 is 2.71 bits per heavy atom. The highest BCUT2D eigenvalue weighted by Gasteiger charge is 2.17. The highest BCUT2D eigenvalue weighted by atomic mass is 16.1. The molecule has 0 N–H and O–H groups in total. The fourth-order valence-corrected chi connectivity index (χ4v) is 1.91. The zero-order valence-corrected chi connectivity index (χ0v) is 8.76.